The van der Waals surface area contributed by atoms with Crippen molar-refractivity contribution in [2.45, 2.75) is 29.6 Å². The molecule has 0 bridgehead atoms. The average Bonchev–Trinajstić information content (AvgIpc) is 3.28. The topological polar surface area (TPSA) is 86.8 Å². The molecule has 2 aliphatic rings. The summed E-state index contributed by atoms with van der Waals surface area (Å²) >= 11 is 7.48. The van der Waals surface area contributed by atoms with E-state index in [1.165, 1.54) is 27.0 Å². The first-order valence-electron chi connectivity index (χ1n) is 10.4. The number of benzene rings is 2. The van der Waals surface area contributed by atoms with E-state index in [1.807, 2.05) is 6.92 Å². The molecule has 7 nitrogen and oxygen atoms in total. The van der Waals surface area contributed by atoms with Gasteiger partial charge in [-0.15, -0.1) is 11.8 Å². The molecule has 0 aromatic heterocycles. The second kappa shape index (κ2) is 9.43. The Hall–Kier alpha value is -2.07. The summed E-state index contributed by atoms with van der Waals surface area (Å²) in [4.78, 5) is 28.2. The number of carbonyl (C=O) groups excluding carboxylic acids is 2. The summed E-state index contributed by atoms with van der Waals surface area (Å²) in [7, 11) is -3.65. The van der Waals surface area contributed by atoms with Crippen molar-refractivity contribution in [3.63, 3.8) is 0 Å². The zero-order valence-corrected chi connectivity index (χ0v) is 20.0. The molecular formula is C22H24ClN3O4S2. The van der Waals surface area contributed by atoms with Gasteiger partial charge >= 0.3 is 0 Å². The summed E-state index contributed by atoms with van der Waals surface area (Å²) in [6.07, 6.45) is 1.68. The van der Waals surface area contributed by atoms with E-state index in [-0.39, 0.29) is 23.3 Å². The molecule has 0 saturated carbocycles. The van der Waals surface area contributed by atoms with Gasteiger partial charge in [0.1, 0.15) is 6.54 Å². The molecule has 4 rings (SSSR count). The normalized spacial score (nSPS) is 19.5. The fraction of sp³-hybridized carbons (Fsp3) is 0.364. The fourth-order valence-electron chi connectivity index (χ4n) is 3.81. The molecule has 0 spiro atoms. The van der Waals surface area contributed by atoms with Crippen LogP contribution < -0.4 is 10.2 Å². The van der Waals surface area contributed by atoms with Crippen molar-refractivity contribution in [3.05, 3.63) is 47.5 Å². The lowest BCUT2D eigenvalue weighted by Gasteiger charge is -2.25. The fourth-order valence-corrected chi connectivity index (χ4v) is 6.59. The first kappa shape index (κ1) is 23.1. The molecule has 2 amide bonds. The van der Waals surface area contributed by atoms with Crippen LogP contribution in [0.15, 0.2) is 52.3 Å². The monoisotopic (exact) mass is 493 g/mol. The lowest BCUT2D eigenvalue weighted by Crippen LogP contribution is -2.41. The predicted octanol–water partition coefficient (Wildman–Crippen LogP) is 3.84. The highest BCUT2D eigenvalue weighted by Gasteiger charge is 2.33. The van der Waals surface area contributed by atoms with Crippen LogP contribution in [0.5, 0.6) is 0 Å². The minimum atomic E-state index is -3.65. The van der Waals surface area contributed by atoms with Crippen LogP contribution in [0.2, 0.25) is 5.02 Å². The van der Waals surface area contributed by atoms with Gasteiger partial charge in [0, 0.05) is 40.4 Å². The standard InChI is InChI=1S/C22H24ClN3O4S2/c1-15-14-31-20-8-7-18(32(29,30)25-9-2-3-10-25)12-19(20)26(22(15)28)13-21(27)24-17-6-4-5-16(23)11-17/h4-8,11-12,15H,2-3,9-10,13-14H2,1H3,(H,24,27)/t15-/m0/s1. The summed E-state index contributed by atoms with van der Waals surface area (Å²) in [6.45, 7) is 2.58. The van der Waals surface area contributed by atoms with Crippen LogP contribution in [-0.2, 0) is 19.6 Å². The van der Waals surface area contributed by atoms with Crippen molar-refractivity contribution in [2.75, 3.05) is 35.6 Å². The number of thioether (sulfide) groups is 1. The van der Waals surface area contributed by atoms with Crippen molar-refractivity contribution in [1.82, 2.24) is 4.31 Å². The van der Waals surface area contributed by atoms with Gasteiger partial charge in [-0.3, -0.25) is 9.59 Å². The smallest absolute Gasteiger partial charge is 0.244 e. The molecule has 0 radical (unpaired) electrons. The van der Waals surface area contributed by atoms with Crippen LogP contribution >= 0.6 is 23.4 Å². The first-order valence-corrected chi connectivity index (χ1v) is 13.2. The lowest BCUT2D eigenvalue weighted by atomic mass is 10.1. The highest BCUT2D eigenvalue weighted by molar-refractivity contribution is 7.99. The Kier molecular flexibility index (Phi) is 6.80. The van der Waals surface area contributed by atoms with Gasteiger partial charge in [0.15, 0.2) is 0 Å². The Morgan fingerprint density at radius 2 is 1.94 bits per heavy atom. The van der Waals surface area contributed by atoms with Gasteiger partial charge in [-0.25, -0.2) is 8.42 Å². The van der Waals surface area contributed by atoms with Crippen molar-refractivity contribution in [2.24, 2.45) is 5.92 Å². The maximum Gasteiger partial charge on any atom is 0.244 e. The Bertz CT molecular complexity index is 1150. The predicted molar refractivity (Wildman–Crippen MR) is 127 cm³/mol. The lowest BCUT2D eigenvalue weighted by molar-refractivity contribution is -0.123. The Labute approximate surface area is 197 Å². The third-order valence-electron chi connectivity index (χ3n) is 5.51. The summed E-state index contributed by atoms with van der Waals surface area (Å²) in [5.74, 6) is -0.368. The van der Waals surface area contributed by atoms with Gasteiger partial charge in [0.25, 0.3) is 0 Å². The quantitative estimate of drug-likeness (QED) is 0.683. The number of nitrogens with one attached hydrogen (secondary N) is 1. The molecule has 2 aromatic rings. The molecule has 2 aromatic carbocycles. The molecule has 1 N–H and O–H groups in total. The van der Waals surface area contributed by atoms with Crippen LogP contribution in [0, 0.1) is 5.92 Å². The van der Waals surface area contributed by atoms with E-state index in [0.717, 1.165) is 17.7 Å². The summed E-state index contributed by atoms with van der Waals surface area (Å²) in [5, 5.41) is 3.24. The highest BCUT2D eigenvalue weighted by atomic mass is 35.5. The van der Waals surface area contributed by atoms with E-state index in [9.17, 15) is 18.0 Å². The number of carbonyl (C=O) groups is 2. The van der Waals surface area contributed by atoms with E-state index in [1.54, 1.807) is 36.4 Å². The number of hydrogen-bond donors (Lipinski definition) is 1. The van der Waals surface area contributed by atoms with Crippen LogP contribution in [0.1, 0.15) is 19.8 Å². The van der Waals surface area contributed by atoms with Gasteiger partial charge in [0.05, 0.1) is 10.6 Å². The average molecular weight is 494 g/mol. The number of halogens is 1. The van der Waals surface area contributed by atoms with Gasteiger partial charge < -0.3 is 10.2 Å². The van der Waals surface area contributed by atoms with Gasteiger partial charge in [-0.05, 0) is 49.2 Å². The summed E-state index contributed by atoms with van der Waals surface area (Å²) in [5.41, 5.74) is 0.976. The van der Waals surface area contributed by atoms with Crippen molar-refractivity contribution in [3.8, 4) is 0 Å². The second-order valence-corrected chi connectivity index (χ2v) is 11.4. The largest absolute Gasteiger partial charge is 0.324 e. The molecule has 2 heterocycles. The number of fused-ring (bicyclic) bond motifs is 1. The van der Waals surface area contributed by atoms with Crippen LogP contribution in [0.4, 0.5) is 11.4 Å². The molecule has 0 aliphatic carbocycles. The molecule has 32 heavy (non-hydrogen) atoms. The Morgan fingerprint density at radius 3 is 2.66 bits per heavy atom. The molecule has 10 heteroatoms. The minimum Gasteiger partial charge on any atom is -0.324 e. The summed E-state index contributed by atoms with van der Waals surface area (Å²) < 4.78 is 27.6. The number of anilines is 2. The molecule has 1 atom stereocenters. The number of amides is 2. The van der Waals surface area contributed by atoms with Crippen LogP contribution in [0.3, 0.4) is 0 Å². The van der Waals surface area contributed by atoms with Crippen molar-refractivity contribution >= 4 is 56.6 Å². The third kappa shape index (κ3) is 4.80. The van der Waals surface area contributed by atoms with Crippen LogP contribution in [0.25, 0.3) is 0 Å². The first-order chi connectivity index (χ1) is 15.3. The Balaban J connectivity index is 1.65. The van der Waals surface area contributed by atoms with E-state index < -0.39 is 15.9 Å². The third-order valence-corrected chi connectivity index (χ3v) is 8.96. The van der Waals surface area contributed by atoms with Crippen molar-refractivity contribution in [1.29, 1.82) is 0 Å². The van der Waals surface area contributed by atoms with E-state index in [0.29, 0.717) is 35.2 Å². The van der Waals surface area contributed by atoms with Crippen LogP contribution in [-0.4, -0.2) is 49.9 Å². The zero-order chi connectivity index (χ0) is 22.9. The maximum absolute atomic E-state index is 13.1. The van der Waals surface area contributed by atoms with E-state index in [4.69, 9.17) is 11.6 Å². The maximum atomic E-state index is 13.1. The second-order valence-electron chi connectivity index (χ2n) is 7.94. The van der Waals surface area contributed by atoms with Gasteiger partial charge in [-0.2, -0.15) is 4.31 Å². The summed E-state index contributed by atoms with van der Waals surface area (Å²) in [6, 6.07) is 11.6. The molecule has 2 aliphatic heterocycles. The number of rotatable bonds is 5. The molecular weight excluding hydrogens is 470 g/mol. The number of hydrogen-bond acceptors (Lipinski definition) is 5. The van der Waals surface area contributed by atoms with E-state index in [2.05, 4.69) is 5.32 Å². The number of sulfonamides is 1. The molecule has 170 valence electrons. The molecule has 0 unspecified atom stereocenters. The molecule has 1 fully saturated rings. The number of nitrogens with zero attached hydrogens (tertiary/aromatic N) is 2. The van der Waals surface area contributed by atoms with Gasteiger partial charge in [0.2, 0.25) is 21.8 Å². The van der Waals surface area contributed by atoms with E-state index >= 15 is 0 Å². The minimum absolute atomic E-state index is 0.140. The SMILES string of the molecule is C[C@H]1CSc2ccc(S(=O)(=O)N3CCCC3)cc2N(CC(=O)Nc2cccc(Cl)c2)C1=O. The Morgan fingerprint density at radius 1 is 1.19 bits per heavy atom. The molecule has 1 saturated heterocycles. The zero-order valence-electron chi connectivity index (χ0n) is 17.6. The highest BCUT2D eigenvalue weighted by Crippen LogP contribution is 2.38. The van der Waals surface area contributed by atoms with Gasteiger partial charge in [-0.1, -0.05) is 24.6 Å². The van der Waals surface area contributed by atoms with Crippen molar-refractivity contribution < 1.29 is 18.0 Å².